The monoisotopic (exact) mass is 256 g/mol. The molecule has 0 spiro atoms. The zero-order valence-corrected chi connectivity index (χ0v) is 10.7. The van der Waals surface area contributed by atoms with Crippen molar-refractivity contribution in [2.45, 2.75) is 12.2 Å². The Morgan fingerprint density at radius 1 is 1.62 bits per heavy atom. The number of hydrogen-bond donors (Lipinski definition) is 1. The van der Waals surface area contributed by atoms with E-state index in [1.807, 2.05) is 13.0 Å². The van der Waals surface area contributed by atoms with Crippen molar-refractivity contribution in [2.24, 2.45) is 0 Å². The lowest BCUT2D eigenvalue weighted by Crippen LogP contribution is -2.20. The van der Waals surface area contributed by atoms with Gasteiger partial charge in [-0.05, 0) is 25.1 Å². The first-order valence-corrected chi connectivity index (χ1v) is 6.80. The Morgan fingerprint density at radius 3 is 2.81 bits per heavy atom. The molecule has 0 aliphatic carbocycles. The topological polar surface area (TPSA) is 52.9 Å². The molecule has 0 heterocycles. The number of benzene rings is 1. The van der Waals surface area contributed by atoms with E-state index in [1.54, 1.807) is 24.5 Å². The summed E-state index contributed by atoms with van der Waals surface area (Å²) in [5.41, 5.74) is 1.29. The summed E-state index contributed by atoms with van der Waals surface area (Å²) in [4.78, 5) is 0. The molecule has 2 atom stereocenters. The number of nitrogens with zero attached hydrogens (tertiary/aromatic N) is 1. The van der Waals surface area contributed by atoms with Gasteiger partial charge in [-0.25, -0.2) is 0 Å². The summed E-state index contributed by atoms with van der Waals surface area (Å²) in [6.07, 6.45) is 1.67. The Labute approximate surface area is 103 Å². The minimum atomic E-state index is -0.855. The Hall–Kier alpha value is -1.05. The van der Waals surface area contributed by atoms with E-state index in [2.05, 4.69) is 5.32 Å². The Bertz CT molecular complexity index is 442. The van der Waals surface area contributed by atoms with Gasteiger partial charge in [0.1, 0.15) is 0 Å². The normalized spacial score (nSPS) is 13.9. The Kier molecular flexibility index (Phi) is 4.78. The lowest BCUT2D eigenvalue weighted by Gasteiger charge is -2.12. The first kappa shape index (κ1) is 13.0. The molecule has 1 aromatic carbocycles. The molecule has 86 valence electrons. The van der Waals surface area contributed by atoms with Crippen molar-refractivity contribution in [3.8, 4) is 6.07 Å². The van der Waals surface area contributed by atoms with Crippen LogP contribution in [0.15, 0.2) is 18.2 Å². The maximum absolute atomic E-state index is 11.1. The zero-order valence-electron chi connectivity index (χ0n) is 9.16. The van der Waals surface area contributed by atoms with Crippen LogP contribution in [0.2, 0.25) is 5.02 Å². The van der Waals surface area contributed by atoms with Crippen LogP contribution in [0.3, 0.4) is 0 Å². The fourth-order valence-corrected chi connectivity index (χ4v) is 1.66. The molecule has 0 bridgehead atoms. The van der Waals surface area contributed by atoms with Crippen LogP contribution in [0, 0.1) is 11.3 Å². The molecule has 0 saturated heterocycles. The molecule has 0 aliphatic heterocycles. The lowest BCUT2D eigenvalue weighted by molar-refractivity contribution is 0.679. The van der Waals surface area contributed by atoms with Gasteiger partial charge in [0.2, 0.25) is 0 Å². The largest absolute Gasteiger partial charge is 0.383 e. The summed E-state index contributed by atoms with van der Waals surface area (Å²) >= 11 is 5.98. The molecule has 2 unspecified atom stereocenters. The molecule has 0 aliphatic rings. The molecule has 0 fully saturated rings. The predicted molar refractivity (Wildman–Crippen MR) is 68.2 cm³/mol. The van der Waals surface area contributed by atoms with Gasteiger partial charge in [-0.3, -0.25) is 4.21 Å². The number of halogens is 1. The van der Waals surface area contributed by atoms with Gasteiger partial charge >= 0.3 is 0 Å². The molecule has 0 saturated carbocycles. The average molecular weight is 257 g/mol. The third-order valence-electron chi connectivity index (χ3n) is 2.24. The number of anilines is 1. The van der Waals surface area contributed by atoms with Gasteiger partial charge in [0.25, 0.3) is 0 Å². The van der Waals surface area contributed by atoms with E-state index < -0.39 is 10.8 Å². The highest BCUT2D eigenvalue weighted by molar-refractivity contribution is 7.84. The number of nitriles is 1. The summed E-state index contributed by atoms with van der Waals surface area (Å²) < 4.78 is 11.1. The molecule has 1 rings (SSSR count). The van der Waals surface area contributed by atoms with Gasteiger partial charge in [-0.2, -0.15) is 5.26 Å². The smallest absolute Gasteiger partial charge is 0.0992 e. The lowest BCUT2D eigenvalue weighted by atomic mass is 10.2. The third-order valence-corrected chi connectivity index (χ3v) is 3.86. The molecule has 0 aromatic heterocycles. The van der Waals surface area contributed by atoms with E-state index in [4.69, 9.17) is 16.9 Å². The van der Waals surface area contributed by atoms with Crippen LogP contribution in [0.5, 0.6) is 0 Å². The minimum absolute atomic E-state index is 0.0618. The molecular weight excluding hydrogens is 244 g/mol. The average Bonchev–Trinajstić information content (AvgIpc) is 2.26. The zero-order chi connectivity index (χ0) is 12.1. The van der Waals surface area contributed by atoms with Gasteiger partial charge in [0.15, 0.2) is 0 Å². The highest BCUT2D eigenvalue weighted by atomic mass is 35.5. The molecule has 16 heavy (non-hydrogen) atoms. The Morgan fingerprint density at radius 2 is 2.31 bits per heavy atom. The van der Waals surface area contributed by atoms with Gasteiger partial charge in [0.05, 0.1) is 22.3 Å². The molecule has 3 nitrogen and oxygen atoms in total. The summed E-state index contributed by atoms with van der Waals surface area (Å²) in [5, 5.41) is 12.4. The van der Waals surface area contributed by atoms with Crippen molar-refractivity contribution in [1.29, 1.82) is 5.26 Å². The maximum Gasteiger partial charge on any atom is 0.0992 e. The standard InChI is InChI=1S/C11H13ClN2OS/c1-8(16(2)15)7-14-11-4-3-9(6-13)5-10(11)12/h3-5,8,14H,7H2,1-2H3. The minimum Gasteiger partial charge on any atom is -0.383 e. The SMILES string of the molecule is CC(CNc1ccc(C#N)cc1Cl)S(C)=O. The molecular formula is C11H13ClN2OS. The van der Waals surface area contributed by atoms with Crippen molar-refractivity contribution in [3.63, 3.8) is 0 Å². The van der Waals surface area contributed by atoms with E-state index in [9.17, 15) is 4.21 Å². The molecule has 1 aromatic rings. The van der Waals surface area contributed by atoms with Crippen LogP contribution < -0.4 is 5.32 Å². The van der Waals surface area contributed by atoms with Gasteiger partial charge in [-0.15, -0.1) is 0 Å². The summed E-state index contributed by atoms with van der Waals surface area (Å²) in [6, 6.07) is 7.08. The molecule has 0 amide bonds. The second-order valence-corrected chi connectivity index (χ2v) is 5.71. The Balaban J connectivity index is 2.69. The van der Waals surface area contributed by atoms with Gasteiger partial charge in [-0.1, -0.05) is 11.6 Å². The van der Waals surface area contributed by atoms with Crippen molar-refractivity contribution in [2.75, 3.05) is 18.1 Å². The van der Waals surface area contributed by atoms with Crippen molar-refractivity contribution >= 4 is 28.1 Å². The predicted octanol–water partition coefficient (Wildman–Crippen LogP) is 2.39. The van der Waals surface area contributed by atoms with Crippen LogP contribution in [-0.2, 0) is 10.8 Å². The fraction of sp³-hybridized carbons (Fsp3) is 0.364. The highest BCUT2D eigenvalue weighted by Gasteiger charge is 2.07. The number of nitrogens with one attached hydrogen (secondary N) is 1. The van der Waals surface area contributed by atoms with Crippen molar-refractivity contribution in [1.82, 2.24) is 0 Å². The second kappa shape index (κ2) is 5.88. The molecule has 5 heteroatoms. The van der Waals surface area contributed by atoms with E-state index in [-0.39, 0.29) is 5.25 Å². The molecule has 1 N–H and O–H groups in total. The maximum atomic E-state index is 11.1. The quantitative estimate of drug-likeness (QED) is 0.900. The summed E-state index contributed by atoms with van der Waals surface area (Å²) in [6.45, 7) is 2.50. The highest BCUT2D eigenvalue weighted by Crippen LogP contribution is 2.22. The van der Waals surface area contributed by atoms with Crippen molar-refractivity contribution < 1.29 is 4.21 Å². The van der Waals surface area contributed by atoms with E-state index in [1.165, 1.54) is 0 Å². The van der Waals surface area contributed by atoms with Crippen molar-refractivity contribution in [3.05, 3.63) is 28.8 Å². The second-order valence-electron chi connectivity index (χ2n) is 3.50. The number of hydrogen-bond acceptors (Lipinski definition) is 3. The van der Waals surface area contributed by atoms with Crippen LogP contribution in [0.1, 0.15) is 12.5 Å². The van der Waals surface area contributed by atoms with E-state index in [0.717, 1.165) is 5.69 Å². The van der Waals surface area contributed by atoms with Crippen LogP contribution in [0.25, 0.3) is 0 Å². The van der Waals surface area contributed by atoms with Crippen LogP contribution in [-0.4, -0.2) is 22.3 Å². The summed E-state index contributed by atoms with van der Waals surface area (Å²) in [7, 11) is -0.855. The first-order valence-electron chi connectivity index (χ1n) is 4.80. The third kappa shape index (κ3) is 3.51. The fourth-order valence-electron chi connectivity index (χ4n) is 1.10. The summed E-state index contributed by atoms with van der Waals surface area (Å²) in [5.74, 6) is 0. The van der Waals surface area contributed by atoms with Gasteiger partial charge < -0.3 is 5.32 Å². The molecule has 0 radical (unpaired) electrons. The van der Waals surface area contributed by atoms with Crippen LogP contribution in [0.4, 0.5) is 5.69 Å². The van der Waals surface area contributed by atoms with E-state index in [0.29, 0.717) is 17.1 Å². The van der Waals surface area contributed by atoms with Crippen LogP contribution >= 0.6 is 11.6 Å². The number of rotatable bonds is 4. The first-order chi connectivity index (χ1) is 7.54. The van der Waals surface area contributed by atoms with E-state index >= 15 is 0 Å². The van der Waals surface area contributed by atoms with Gasteiger partial charge in [0, 0.05) is 28.9 Å².